The summed E-state index contributed by atoms with van der Waals surface area (Å²) in [5, 5.41) is -0.0840. The molecule has 31 heavy (non-hydrogen) atoms. The van der Waals surface area contributed by atoms with Crippen molar-refractivity contribution in [3.05, 3.63) is 46.9 Å². The normalized spacial score (nSPS) is 19.5. The summed E-state index contributed by atoms with van der Waals surface area (Å²) in [6, 6.07) is 5.43. The molecule has 3 fully saturated rings. The van der Waals surface area contributed by atoms with Crippen LogP contribution in [0.1, 0.15) is 32.1 Å². The minimum atomic E-state index is -0.815. The number of nitrogens with one attached hydrogen (secondary N) is 1. The first-order valence-electron chi connectivity index (χ1n) is 10.5. The van der Waals surface area contributed by atoms with Gasteiger partial charge >= 0.3 is 0 Å². The highest BCUT2D eigenvalue weighted by Gasteiger charge is 2.43. The first kappa shape index (κ1) is 22.6. The fourth-order valence-electron chi connectivity index (χ4n) is 4.16. The van der Waals surface area contributed by atoms with Gasteiger partial charge in [0, 0.05) is 19.2 Å². The van der Waals surface area contributed by atoms with Gasteiger partial charge in [0.05, 0.1) is 5.69 Å². The van der Waals surface area contributed by atoms with E-state index in [0.29, 0.717) is 23.1 Å². The number of aromatic nitrogens is 1. The lowest BCUT2D eigenvalue weighted by Gasteiger charge is -2.38. The van der Waals surface area contributed by atoms with Crippen LogP contribution in [0.25, 0.3) is 0 Å². The minimum absolute atomic E-state index is 0.0840. The summed E-state index contributed by atoms with van der Waals surface area (Å²) in [6.07, 6.45) is 6.02. The van der Waals surface area contributed by atoms with Crippen molar-refractivity contribution >= 4 is 35.1 Å². The van der Waals surface area contributed by atoms with Crippen LogP contribution in [0.4, 0.5) is 24.7 Å². The number of likely N-dealkylation sites (tertiary alicyclic amines) is 1. The molecule has 3 heterocycles. The Morgan fingerprint density at radius 1 is 1.10 bits per heavy atom. The van der Waals surface area contributed by atoms with E-state index in [0.717, 1.165) is 19.5 Å². The van der Waals surface area contributed by atoms with Crippen molar-refractivity contribution in [3.63, 3.8) is 0 Å². The van der Waals surface area contributed by atoms with E-state index in [9.17, 15) is 13.2 Å². The molecular formula is C22H26ClF3N4S. The molecule has 1 saturated carbocycles. The third-order valence-corrected chi connectivity index (χ3v) is 7.59. The molecule has 2 saturated heterocycles. The molecule has 1 aromatic heterocycles. The highest BCUT2D eigenvalue weighted by molar-refractivity contribution is 8.00. The maximum absolute atomic E-state index is 14.7. The summed E-state index contributed by atoms with van der Waals surface area (Å²) in [5.41, 5.74) is 0.701. The van der Waals surface area contributed by atoms with Crippen LogP contribution in [0, 0.1) is 23.0 Å². The third kappa shape index (κ3) is 5.07. The van der Waals surface area contributed by atoms with Gasteiger partial charge in [0.25, 0.3) is 0 Å². The first-order valence-corrected chi connectivity index (χ1v) is 11.7. The average molecular weight is 471 g/mol. The standard InChI is InChI=1S/C18H17ClF3N3S.C4H9N/c19-15-12(25-8-7-18(10-25)5-2-6-18)9-11(20)17(16(15)22)26-24-14-4-1-3-13(21)23-14;1-5-3-2-4-5/h1,3-4,9H,2,5-8,10H2,(H,23,24);2-4H2,1H3. The van der Waals surface area contributed by atoms with Gasteiger partial charge in [-0.05, 0) is 75.3 Å². The molecule has 0 amide bonds. The van der Waals surface area contributed by atoms with E-state index >= 15 is 0 Å². The van der Waals surface area contributed by atoms with E-state index in [1.165, 1.54) is 63.0 Å². The van der Waals surface area contributed by atoms with Gasteiger partial charge in [0.1, 0.15) is 21.6 Å². The molecule has 1 spiro atoms. The Hall–Kier alpha value is -1.64. The Labute approximate surface area is 190 Å². The zero-order valence-electron chi connectivity index (χ0n) is 17.4. The Morgan fingerprint density at radius 2 is 1.84 bits per heavy atom. The van der Waals surface area contributed by atoms with Crippen molar-refractivity contribution in [1.29, 1.82) is 0 Å². The van der Waals surface area contributed by atoms with Crippen molar-refractivity contribution in [2.75, 3.05) is 42.8 Å². The first-order chi connectivity index (χ1) is 14.9. The Bertz CT molecular complexity index is 937. The number of hydrogen-bond donors (Lipinski definition) is 1. The molecule has 4 nitrogen and oxygen atoms in total. The lowest BCUT2D eigenvalue weighted by atomic mass is 9.68. The number of rotatable bonds is 4. The SMILES string of the molecule is CN1CCC1.Fc1cccc(NSc2c(F)cc(N3CCC4(CCC4)C3)c(Cl)c2F)n1. The van der Waals surface area contributed by atoms with Crippen molar-refractivity contribution in [2.24, 2.45) is 5.41 Å². The van der Waals surface area contributed by atoms with Crippen LogP contribution >= 0.6 is 23.5 Å². The highest BCUT2D eigenvalue weighted by Crippen LogP contribution is 2.50. The molecule has 0 radical (unpaired) electrons. The Balaban J connectivity index is 0.000000407. The fourth-order valence-corrected chi connectivity index (χ4v) is 5.15. The monoisotopic (exact) mass is 470 g/mol. The summed E-state index contributed by atoms with van der Waals surface area (Å²) in [4.78, 5) is 7.62. The van der Waals surface area contributed by atoms with Crippen molar-refractivity contribution in [3.8, 4) is 0 Å². The zero-order chi connectivity index (χ0) is 22.0. The van der Waals surface area contributed by atoms with Crippen LogP contribution in [0.15, 0.2) is 29.2 Å². The minimum Gasteiger partial charge on any atom is -0.370 e. The van der Waals surface area contributed by atoms with E-state index in [2.05, 4.69) is 21.7 Å². The van der Waals surface area contributed by atoms with Crippen LogP contribution in [0.2, 0.25) is 5.02 Å². The van der Waals surface area contributed by atoms with Crippen molar-refractivity contribution in [1.82, 2.24) is 9.88 Å². The summed E-state index contributed by atoms with van der Waals surface area (Å²) in [6.45, 7) is 4.19. The summed E-state index contributed by atoms with van der Waals surface area (Å²) < 4.78 is 45.0. The lowest BCUT2D eigenvalue weighted by Crippen LogP contribution is -2.33. The predicted octanol–water partition coefficient (Wildman–Crippen LogP) is 5.97. The van der Waals surface area contributed by atoms with Gasteiger partial charge in [0.2, 0.25) is 5.95 Å². The second-order valence-electron chi connectivity index (χ2n) is 8.57. The Kier molecular flexibility index (Phi) is 6.89. The molecule has 1 aliphatic carbocycles. The van der Waals surface area contributed by atoms with Gasteiger partial charge in [-0.1, -0.05) is 24.1 Å². The van der Waals surface area contributed by atoms with Gasteiger partial charge in [-0.15, -0.1) is 0 Å². The molecule has 9 heteroatoms. The Morgan fingerprint density at radius 3 is 2.39 bits per heavy atom. The fraction of sp³-hybridized carbons (Fsp3) is 0.500. The molecule has 0 unspecified atom stereocenters. The molecular weight excluding hydrogens is 445 g/mol. The molecule has 0 atom stereocenters. The lowest BCUT2D eigenvalue weighted by molar-refractivity contribution is 0.165. The van der Waals surface area contributed by atoms with E-state index in [-0.39, 0.29) is 15.7 Å². The van der Waals surface area contributed by atoms with E-state index in [4.69, 9.17) is 11.6 Å². The number of hydrogen-bond acceptors (Lipinski definition) is 5. The molecule has 3 aliphatic rings. The summed E-state index contributed by atoms with van der Waals surface area (Å²) in [7, 11) is 2.14. The van der Waals surface area contributed by atoms with Crippen LogP contribution in [-0.4, -0.2) is 43.1 Å². The molecule has 1 aromatic carbocycles. The maximum Gasteiger partial charge on any atom is 0.214 e. The molecule has 2 aromatic rings. The van der Waals surface area contributed by atoms with Gasteiger partial charge in [-0.25, -0.2) is 13.8 Å². The zero-order valence-corrected chi connectivity index (χ0v) is 19.0. The van der Waals surface area contributed by atoms with Crippen molar-refractivity contribution in [2.45, 2.75) is 37.0 Å². The molecule has 168 valence electrons. The largest absolute Gasteiger partial charge is 0.370 e. The van der Waals surface area contributed by atoms with Crippen LogP contribution < -0.4 is 9.62 Å². The van der Waals surface area contributed by atoms with E-state index in [1.54, 1.807) is 0 Å². The van der Waals surface area contributed by atoms with Gasteiger partial charge < -0.3 is 14.5 Å². The number of benzene rings is 1. The number of pyridine rings is 1. The van der Waals surface area contributed by atoms with E-state index in [1.807, 2.05) is 4.90 Å². The van der Waals surface area contributed by atoms with Crippen molar-refractivity contribution < 1.29 is 13.2 Å². The van der Waals surface area contributed by atoms with Crippen LogP contribution in [-0.2, 0) is 0 Å². The molecule has 1 N–H and O–H groups in total. The van der Waals surface area contributed by atoms with Gasteiger partial charge in [-0.2, -0.15) is 4.39 Å². The van der Waals surface area contributed by atoms with Crippen LogP contribution in [0.3, 0.4) is 0 Å². The second-order valence-corrected chi connectivity index (χ2v) is 9.76. The van der Waals surface area contributed by atoms with E-state index < -0.39 is 17.6 Å². The molecule has 5 rings (SSSR count). The summed E-state index contributed by atoms with van der Waals surface area (Å²) in [5.74, 6) is -2.03. The molecule has 0 bridgehead atoms. The quantitative estimate of drug-likeness (QED) is 0.338. The number of anilines is 2. The number of halogens is 4. The van der Waals surface area contributed by atoms with Gasteiger partial charge in [0.15, 0.2) is 5.82 Å². The maximum atomic E-state index is 14.7. The van der Waals surface area contributed by atoms with Gasteiger partial charge in [-0.3, -0.25) is 0 Å². The average Bonchev–Trinajstić information content (AvgIpc) is 3.16. The second kappa shape index (κ2) is 9.46. The number of nitrogens with zero attached hydrogens (tertiary/aromatic N) is 3. The molecule has 2 aliphatic heterocycles. The predicted molar refractivity (Wildman–Crippen MR) is 120 cm³/mol. The smallest absolute Gasteiger partial charge is 0.214 e. The third-order valence-electron chi connectivity index (χ3n) is 6.34. The van der Waals surface area contributed by atoms with Crippen LogP contribution in [0.5, 0.6) is 0 Å². The highest BCUT2D eigenvalue weighted by atomic mass is 35.5. The topological polar surface area (TPSA) is 31.4 Å². The summed E-state index contributed by atoms with van der Waals surface area (Å²) >= 11 is 6.90.